The fraction of sp³-hybridized carbons (Fsp3) is 1.00. The van der Waals surface area contributed by atoms with Gasteiger partial charge in [0.2, 0.25) is 0 Å². The first-order chi connectivity index (χ1) is 40.4. The van der Waals surface area contributed by atoms with Gasteiger partial charge in [0.25, 0.3) is 0 Å². The fourth-order valence-corrected chi connectivity index (χ4v) is 17.2. The molecule has 0 aromatic carbocycles. The van der Waals surface area contributed by atoms with E-state index in [1.165, 1.54) is 0 Å². The zero-order valence-corrected chi connectivity index (χ0v) is 48.9. The van der Waals surface area contributed by atoms with Crippen molar-refractivity contribution in [3.63, 3.8) is 0 Å². The molecule has 0 spiro atoms. The van der Waals surface area contributed by atoms with E-state index in [2.05, 4.69) is 20.8 Å². The minimum Gasteiger partial charge on any atom is -0.394 e. The number of hydrogen-bond donors (Lipinski definition) is 16. The largest absolute Gasteiger partial charge is 0.394 e. The van der Waals surface area contributed by atoms with Crippen LogP contribution in [0.15, 0.2) is 0 Å². The molecular formula is C57H96O28. The van der Waals surface area contributed by atoms with Crippen molar-refractivity contribution in [2.75, 3.05) is 46.8 Å². The lowest BCUT2D eigenvalue weighted by Gasteiger charge is -2.61. The molecule has 6 saturated heterocycles. The summed E-state index contributed by atoms with van der Waals surface area (Å²) in [5.41, 5.74) is 0.0173. The van der Waals surface area contributed by atoms with Crippen LogP contribution < -0.4 is 0 Å². The Morgan fingerprint density at radius 1 is 0.518 bits per heavy atom. The Hall–Kier alpha value is -1.12. The van der Waals surface area contributed by atoms with E-state index < -0.39 is 192 Å². The number of fused-ring (bicyclic) bond motifs is 7. The summed E-state index contributed by atoms with van der Waals surface area (Å²) in [5.74, 6) is 1.23. The topological polar surface area (TPSA) is 434 Å². The van der Waals surface area contributed by atoms with Gasteiger partial charge in [-0.3, -0.25) is 0 Å². The van der Waals surface area contributed by atoms with Gasteiger partial charge in [0.15, 0.2) is 37.2 Å². The van der Waals surface area contributed by atoms with Crippen LogP contribution in [0.25, 0.3) is 0 Å². The third kappa shape index (κ3) is 12.3. The molecule has 0 radical (unpaired) electrons. The van der Waals surface area contributed by atoms with Gasteiger partial charge >= 0.3 is 0 Å². The fourth-order valence-electron chi connectivity index (χ4n) is 17.2. The van der Waals surface area contributed by atoms with Crippen LogP contribution in [0, 0.1) is 52.3 Å². The monoisotopic (exact) mass is 1230 g/mol. The van der Waals surface area contributed by atoms with Crippen molar-refractivity contribution < 1.29 is 139 Å². The van der Waals surface area contributed by atoms with Crippen molar-refractivity contribution in [1.82, 2.24) is 0 Å². The molecule has 10 aliphatic rings. The van der Waals surface area contributed by atoms with Crippen molar-refractivity contribution in [2.24, 2.45) is 52.3 Å². The van der Waals surface area contributed by atoms with Crippen molar-refractivity contribution in [3.05, 3.63) is 0 Å². The molecule has 10 rings (SSSR count). The minimum atomic E-state index is -2.02. The van der Waals surface area contributed by atoms with Crippen LogP contribution in [-0.2, 0) is 56.8 Å². The molecule has 1 unspecified atom stereocenters. The summed E-state index contributed by atoms with van der Waals surface area (Å²) in [6.07, 6.45) is -32.1. The molecule has 492 valence electrons. The Balaban J connectivity index is 0.764. The van der Waals surface area contributed by atoms with Crippen LogP contribution in [-0.4, -0.2) is 294 Å². The van der Waals surface area contributed by atoms with Gasteiger partial charge in [-0.15, -0.1) is 0 Å². The second-order valence-corrected chi connectivity index (χ2v) is 26.8. The Morgan fingerprint density at radius 3 is 1.73 bits per heavy atom. The number of ether oxygens (including phenoxy) is 12. The molecule has 0 aromatic rings. The van der Waals surface area contributed by atoms with Gasteiger partial charge < -0.3 is 139 Å². The maximum absolute atomic E-state index is 11.9. The Bertz CT molecular complexity index is 2150. The highest BCUT2D eigenvalue weighted by Crippen LogP contribution is 2.71. The van der Waals surface area contributed by atoms with Crippen LogP contribution in [0.2, 0.25) is 0 Å². The van der Waals surface area contributed by atoms with Gasteiger partial charge in [-0.2, -0.15) is 0 Å². The van der Waals surface area contributed by atoms with Crippen molar-refractivity contribution >= 4 is 0 Å². The molecule has 4 aliphatic carbocycles. The first kappa shape index (κ1) is 66.8. The van der Waals surface area contributed by atoms with Crippen molar-refractivity contribution in [2.45, 2.75) is 257 Å². The van der Waals surface area contributed by atoms with E-state index in [0.29, 0.717) is 43.4 Å². The molecule has 28 heteroatoms. The molecule has 0 aromatic heterocycles. The average Bonchev–Trinajstić information content (AvgIpc) is 1.60. The molecule has 28 nitrogen and oxygen atoms in total. The maximum Gasteiger partial charge on any atom is 0.187 e. The molecule has 16 N–H and O–H groups in total. The van der Waals surface area contributed by atoms with Crippen LogP contribution in [0.3, 0.4) is 0 Å². The molecule has 36 atom stereocenters. The molecule has 6 heterocycles. The van der Waals surface area contributed by atoms with Crippen LogP contribution in [0.1, 0.15) is 91.9 Å². The lowest BCUT2D eigenvalue weighted by atomic mass is 9.44. The molecule has 0 bridgehead atoms. The summed E-state index contributed by atoms with van der Waals surface area (Å²) in [6, 6.07) is 0. The molecule has 4 saturated carbocycles. The smallest absolute Gasteiger partial charge is 0.187 e. The average molecular weight is 1230 g/mol. The summed E-state index contributed by atoms with van der Waals surface area (Å²) >= 11 is 0. The van der Waals surface area contributed by atoms with Crippen LogP contribution in [0.4, 0.5) is 0 Å². The van der Waals surface area contributed by atoms with Crippen LogP contribution in [0.5, 0.6) is 0 Å². The summed E-state index contributed by atoms with van der Waals surface area (Å²) in [7, 11) is 1.71. The Kier molecular flexibility index (Phi) is 21.1. The van der Waals surface area contributed by atoms with Crippen LogP contribution >= 0.6 is 0 Å². The van der Waals surface area contributed by atoms with Crippen molar-refractivity contribution in [3.8, 4) is 0 Å². The molecular weight excluding hydrogens is 1130 g/mol. The van der Waals surface area contributed by atoms with E-state index >= 15 is 0 Å². The highest BCUT2D eigenvalue weighted by Gasteiger charge is 2.69. The zero-order valence-electron chi connectivity index (χ0n) is 48.9. The van der Waals surface area contributed by atoms with E-state index in [4.69, 9.17) is 56.8 Å². The second kappa shape index (κ2) is 26.8. The van der Waals surface area contributed by atoms with Gasteiger partial charge in [-0.1, -0.05) is 27.7 Å². The maximum atomic E-state index is 11.9. The van der Waals surface area contributed by atoms with E-state index in [1.807, 2.05) is 6.92 Å². The first-order valence-corrected chi connectivity index (χ1v) is 30.7. The molecule has 0 amide bonds. The normalized spacial score (nSPS) is 54.9. The molecule has 10 fully saturated rings. The lowest BCUT2D eigenvalue weighted by molar-refractivity contribution is -0.404. The van der Waals surface area contributed by atoms with Gasteiger partial charge in [-0.05, 0) is 104 Å². The minimum absolute atomic E-state index is 0.00540. The third-order valence-electron chi connectivity index (χ3n) is 22.1. The number of rotatable bonds is 19. The SMILES string of the molecule is CO[C@]1(CC[C@H](C)CO[C@H]2O[C@@H](CO)[C@H](O)C(O)[C@H]2O)O[C@H]2C[C@H]3[C@@H]4CC[C@H]5C[C@H](O[C@H]6O[C@@H](CO)[C@@H](O[C@H]7O[C@@H](CO)[C@H](O)[C@H](O[C@H]8OC[C@H](O)[C@H](O)[C@H]8O)[C@H]7O[C@H]7O[C@@H](CO)[C@@H](O)[C@H](O)[C@H]7O)[C@H](O)[C@H]6O)CC[C@@]5(C)[C@@H]4CC[C@@]3(C)[C@H]2[C@@H]1C. The molecule has 85 heavy (non-hydrogen) atoms. The van der Waals surface area contributed by atoms with Gasteiger partial charge in [-0.25, -0.2) is 0 Å². The summed E-state index contributed by atoms with van der Waals surface area (Å²) in [6.45, 7) is 5.72. The van der Waals surface area contributed by atoms with E-state index in [1.54, 1.807) is 7.11 Å². The second-order valence-electron chi connectivity index (χ2n) is 26.8. The summed E-state index contributed by atoms with van der Waals surface area (Å²) < 4.78 is 72.8. The summed E-state index contributed by atoms with van der Waals surface area (Å²) in [5, 5.41) is 170. The van der Waals surface area contributed by atoms with Gasteiger partial charge in [0, 0.05) is 19.4 Å². The number of hydrogen-bond acceptors (Lipinski definition) is 28. The highest BCUT2D eigenvalue weighted by molar-refractivity contribution is 5.15. The standard InChI is InChI=1S/C57H96O28/c1-22(20-75-50-44(71)40(67)37(64)31(16-58)78-50)8-13-57(74-5)23(2)35-30(85-57)15-28-26-7-6-24-14-25(9-11-55(24,3)27(26)10-12-56(28,35)4)77-52-46(73)42(69)47(34(19-61)81-52)82-54-49(84-53-45(72)41(68)38(65)32(17-59)79-53)48(39(66)33(18-60)80-54)83-51-43(70)36(63)29(62)21-76-51/h22-54,58-73H,6-21H2,1-5H3/t22-,23-,24-,25+,26+,27+,28-,29-,30-,31-,32-,33-,34-,35-,36-,37-,38+,39-,40?,41-,42+,43+,44+,45+,46+,47+,48-,49+,50-,51+,52-,53+,54+,55+,56+,57+/m0/s1. The summed E-state index contributed by atoms with van der Waals surface area (Å²) in [4.78, 5) is 0. The predicted molar refractivity (Wildman–Crippen MR) is 283 cm³/mol. The van der Waals surface area contributed by atoms with E-state index in [0.717, 1.165) is 38.5 Å². The first-order valence-electron chi connectivity index (χ1n) is 30.7. The number of methoxy groups -OCH3 is 1. The predicted octanol–water partition coefficient (Wildman–Crippen LogP) is -4.84. The quantitative estimate of drug-likeness (QED) is 0.0540. The number of aliphatic hydroxyl groups is 16. The zero-order chi connectivity index (χ0) is 61.4. The van der Waals surface area contributed by atoms with E-state index in [9.17, 15) is 81.7 Å². The van der Waals surface area contributed by atoms with Gasteiger partial charge in [0.05, 0.1) is 51.8 Å². The Labute approximate surface area is 493 Å². The lowest BCUT2D eigenvalue weighted by Crippen LogP contribution is -2.68. The Morgan fingerprint density at radius 2 is 1.07 bits per heavy atom. The third-order valence-corrected chi connectivity index (χ3v) is 22.1. The highest BCUT2D eigenvalue weighted by atomic mass is 16.8. The van der Waals surface area contributed by atoms with E-state index in [-0.39, 0.29) is 47.2 Å². The van der Waals surface area contributed by atoms with Gasteiger partial charge in [0.1, 0.15) is 116 Å². The van der Waals surface area contributed by atoms with Crippen molar-refractivity contribution in [1.29, 1.82) is 0 Å². The molecule has 6 aliphatic heterocycles. The number of aliphatic hydroxyl groups excluding tert-OH is 16.